The summed E-state index contributed by atoms with van der Waals surface area (Å²) in [6.45, 7) is 13.3. The molecule has 1 heterocycles. The van der Waals surface area contributed by atoms with Crippen LogP contribution in [-0.4, -0.2) is 30.0 Å². The molecule has 0 bridgehead atoms. The Balaban J connectivity index is 1.89. The molecular weight excluding hydrogens is 272 g/mol. The molecule has 0 amide bonds. The van der Waals surface area contributed by atoms with Crippen molar-refractivity contribution in [2.45, 2.75) is 50.6 Å². The first kappa shape index (κ1) is 15.8. The van der Waals surface area contributed by atoms with Gasteiger partial charge in [0.1, 0.15) is 11.5 Å². The fraction of sp³-hybridized carbons (Fsp3) is 0.588. The highest BCUT2D eigenvalue weighted by molar-refractivity contribution is 5.22. The molecule has 2 aliphatic rings. The van der Waals surface area contributed by atoms with E-state index in [9.17, 15) is 8.78 Å². The molecule has 116 valence electrons. The van der Waals surface area contributed by atoms with Gasteiger partial charge in [0.25, 0.3) is 0 Å². The molecule has 2 rings (SSSR count). The Hall–Kier alpha value is -1.54. The Morgan fingerprint density at radius 3 is 2.33 bits per heavy atom. The topological polar surface area (TPSA) is 12.5 Å². The maximum absolute atomic E-state index is 13.1. The van der Waals surface area contributed by atoms with E-state index in [2.05, 4.69) is 30.4 Å². The second kappa shape index (κ2) is 6.48. The van der Waals surface area contributed by atoms with Crippen molar-refractivity contribution >= 4 is 0 Å². The monoisotopic (exact) mass is 295 g/mol. The van der Waals surface area contributed by atoms with Gasteiger partial charge < -0.3 is 9.64 Å². The van der Waals surface area contributed by atoms with Crippen LogP contribution in [0, 0.1) is 0 Å². The fourth-order valence-electron chi connectivity index (χ4n) is 2.82. The third-order valence-electron chi connectivity index (χ3n) is 4.19. The first-order valence-electron chi connectivity index (χ1n) is 7.47. The Morgan fingerprint density at radius 2 is 1.81 bits per heavy atom. The summed E-state index contributed by atoms with van der Waals surface area (Å²) >= 11 is 0. The van der Waals surface area contributed by atoms with Crippen LogP contribution in [0.1, 0.15) is 38.5 Å². The lowest BCUT2D eigenvalue weighted by atomic mass is 9.94. The van der Waals surface area contributed by atoms with Crippen LogP contribution in [0.2, 0.25) is 0 Å². The minimum absolute atomic E-state index is 0.110. The molecule has 0 N–H and O–H groups in total. The smallest absolute Gasteiger partial charge is 0.248 e. The summed E-state index contributed by atoms with van der Waals surface area (Å²) < 4.78 is 32.1. The number of hydrogen-bond donors (Lipinski definition) is 0. The van der Waals surface area contributed by atoms with Crippen LogP contribution in [-0.2, 0) is 4.74 Å². The van der Waals surface area contributed by atoms with E-state index in [0.717, 1.165) is 31.6 Å². The molecule has 0 radical (unpaired) electrons. The van der Waals surface area contributed by atoms with Crippen LogP contribution >= 0.6 is 0 Å². The standard InChI is InChI=1S/C17H23F2NO/c1-4-16(20-11-7-13(2)8-12-20)14(3)21-15-5-9-17(18,19)10-6-15/h15H,1-3,5-12H2. The molecule has 0 spiro atoms. The number of alkyl halides is 2. The van der Waals surface area contributed by atoms with Gasteiger partial charge in [0.15, 0.2) is 0 Å². The van der Waals surface area contributed by atoms with E-state index in [1.807, 2.05) is 0 Å². The van der Waals surface area contributed by atoms with Crippen LogP contribution < -0.4 is 0 Å². The largest absolute Gasteiger partial charge is 0.488 e. The minimum Gasteiger partial charge on any atom is -0.488 e. The zero-order valence-corrected chi connectivity index (χ0v) is 12.5. The van der Waals surface area contributed by atoms with Gasteiger partial charge in [-0.1, -0.05) is 31.0 Å². The van der Waals surface area contributed by atoms with Crippen molar-refractivity contribution in [2.24, 2.45) is 0 Å². The molecule has 1 saturated carbocycles. The van der Waals surface area contributed by atoms with Gasteiger partial charge >= 0.3 is 0 Å². The molecule has 0 atom stereocenters. The van der Waals surface area contributed by atoms with Crippen LogP contribution in [0.25, 0.3) is 0 Å². The number of hydrogen-bond acceptors (Lipinski definition) is 2. The molecule has 2 fully saturated rings. The molecule has 21 heavy (non-hydrogen) atoms. The zero-order chi connectivity index (χ0) is 15.5. The summed E-state index contributed by atoms with van der Waals surface area (Å²) in [5, 5.41) is 0. The fourth-order valence-corrected chi connectivity index (χ4v) is 2.82. The van der Waals surface area contributed by atoms with Crippen LogP contribution in [0.4, 0.5) is 8.78 Å². The van der Waals surface area contributed by atoms with Crippen molar-refractivity contribution < 1.29 is 13.5 Å². The lowest BCUT2D eigenvalue weighted by Gasteiger charge is -2.34. The molecular formula is C17H23F2NO. The number of rotatable bonds is 4. The van der Waals surface area contributed by atoms with Crippen molar-refractivity contribution in [3.8, 4) is 0 Å². The second-order valence-corrected chi connectivity index (χ2v) is 5.86. The summed E-state index contributed by atoms with van der Waals surface area (Å²) in [4.78, 5) is 2.13. The molecule has 1 aliphatic heterocycles. The molecule has 1 aliphatic carbocycles. The van der Waals surface area contributed by atoms with E-state index in [4.69, 9.17) is 4.74 Å². The molecule has 0 aromatic rings. The van der Waals surface area contributed by atoms with Crippen molar-refractivity contribution in [1.29, 1.82) is 0 Å². The number of likely N-dealkylation sites (tertiary alicyclic amines) is 1. The normalized spacial score (nSPS) is 22.6. The van der Waals surface area contributed by atoms with E-state index in [1.165, 1.54) is 5.57 Å². The molecule has 1 saturated heterocycles. The van der Waals surface area contributed by atoms with E-state index < -0.39 is 5.92 Å². The second-order valence-electron chi connectivity index (χ2n) is 5.86. The lowest BCUT2D eigenvalue weighted by molar-refractivity contribution is -0.0687. The van der Waals surface area contributed by atoms with Crippen LogP contribution in [0.15, 0.2) is 42.5 Å². The Kier molecular flexibility index (Phi) is 4.89. The zero-order valence-electron chi connectivity index (χ0n) is 12.5. The van der Waals surface area contributed by atoms with Crippen molar-refractivity contribution in [3.63, 3.8) is 0 Å². The minimum atomic E-state index is -2.54. The van der Waals surface area contributed by atoms with Gasteiger partial charge in [-0.15, -0.1) is 0 Å². The maximum atomic E-state index is 13.1. The molecule has 2 nitrogen and oxygen atoms in total. The Bertz CT molecular complexity index is 457. The molecule has 0 unspecified atom stereocenters. The van der Waals surface area contributed by atoms with Gasteiger partial charge in [-0.2, -0.15) is 0 Å². The molecule has 0 aromatic heterocycles. The van der Waals surface area contributed by atoms with Gasteiger partial charge in [-0.25, -0.2) is 8.78 Å². The SMILES string of the molecule is C=C=C(C(=C)OC1CCC(F)(F)CC1)N1CCC(=C)CC1. The highest BCUT2D eigenvalue weighted by Gasteiger charge is 2.36. The Morgan fingerprint density at radius 1 is 1.24 bits per heavy atom. The molecule has 0 aromatic carbocycles. The summed E-state index contributed by atoms with van der Waals surface area (Å²) in [7, 11) is 0. The lowest BCUT2D eigenvalue weighted by Crippen LogP contribution is -2.33. The Labute approximate surface area is 125 Å². The highest BCUT2D eigenvalue weighted by Crippen LogP contribution is 2.35. The number of nitrogens with zero attached hydrogens (tertiary/aromatic N) is 1. The predicted molar refractivity (Wildman–Crippen MR) is 80.0 cm³/mol. The maximum Gasteiger partial charge on any atom is 0.248 e. The van der Waals surface area contributed by atoms with Crippen LogP contribution in [0.5, 0.6) is 0 Å². The first-order chi connectivity index (χ1) is 9.91. The third kappa shape index (κ3) is 4.21. The van der Waals surface area contributed by atoms with Gasteiger partial charge in [0, 0.05) is 25.9 Å². The number of piperidine rings is 1. The average Bonchev–Trinajstić information content (AvgIpc) is 2.44. The van der Waals surface area contributed by atoms with E-state index in [-0.39, 0.29) is 18.9 Å². The quantitative estimate of drug-likeness (QED) is 0.329. The van der Waals surface area contributed by atoms with E-state index >= 15 is 0 Å². The average molecular weight is 295 g/mol. The van der Waals surface area contributed by atoms with Gasteiger partial charge in [0.2, 0.25) is 5.92 Å². The van der Waals surface area contributed by atoms with Crippen molar-refractivity contribution in [2.75, 3.05) is 13.1 Å². The summed E-state index contributed by atoms with van der Waals surface area (Å²) in [5.41, 5.74) is 4.88. The van der Waals surface area contributed by atoms with Crippen molar-refractivity contribution in [3.05, 3.63) is 42.5 Å². The third-order valence-corrected chi connectivity index (χ3v) is 4.19. The number of halogens is 2. The van der Waals surface area contributed by atoms with E-state index in [1.54, 1.807) is 0 Å². The summed E-state index contributed by atoms with van der Waals surface area (Å²) in [6, 6.07) is 0. The van der Waals surface area contributed by atoms with E-state index in [0.29, 0.717) is 18.6 Å². The van der Waals surface area contributed by atoms with Crippen molar-refractivity contribution in [1.82, 2.24) is 4.90 Å². The highest BCUT2D eigenvalue weighted by atomic mass is 19.3. The number of ether oxygens (including phenoxy) is 1. The van der Waals surface area contributed by atoms with Crippen LogP contribution in [0.3, 0.4) is 0 Å². The summed E-state index contributed by atoms with van der Waals surface area (Å²) in [6.07, 6.45) is 2.21. The summed E-state index contributed by atoms with van der Waals surface area (Å²) in [5.74, 6) is -2.04. The molecule has 4 heteroatoms. The van der Waals surface area contributed by atoms with Gasteiger partial charge in [-0.3, -0.25) is 0 Å². The predicted octanol–water partition coefficient (Wildman–Crippen LogP) is 4.42. The van der Waals surface area contributed by atoms with Gasteiger partial charge in [-0.05, 0) is 25.7 Å². The van der Waals surface area contributed by atoms with Gasteiger partial charge in [0.05, 0.1) is 6.10 Å². The first-order valence-corrected chi connectivity index (χ1v) is 7.47.